The first-order valence-corrected chi connectivity index (χ1v) is 8.07. The maximum absolute atomic E-state index is 12.2. The molecule has 0 radical (unpaired) electrons. The Morgan fingerprint density at radius 1 is 1.25 bits per heavy atom. The van der Waals surface area contributed by atoms with Gasteiger partial charge in [0.1, 0.15) is 0 Å². The normalized spacial score (nSPS) is 12.9. The molecule has 2 aromatic rings. The highest BCUT2D eigenvalue weighted by Crippen LogP contribution is 2.20. The van der Waals surface area contributed by atoms with Gasteiger partial charge in [0.05, 0.1) is 22.9 Å². The number of anilines is 1. The monoisotopic (exact) mass is 356 g/mol. The molecule has 1 heterocycles. The molecule has 1 atom stereocenters. The van der Waals surface area contributed by atoms with E-state index in [-0.39, 0.29) is 4.90 Å². The van der Waals surface area contributed by atoms with E-state index >= 15 is 0 Å². The molecule has 0 fully saturated rings. The third-order valence-corrected chi connectivity index (χ3v) is 4.46. The maximum Gasteiger partial charge on any atom is 0.261 e. The number of sulfonamides is 1. The van der Waals surface area contributed by atoms with Gasteiger partial charge in [-0.1, -0.05) is 12.1 Å². The summed E-state index contributed by atoms with van der Waals surface area (Å²) < 4.78 is 27.5. The number of aromatic nitrogens is 1. The number of pyridine rings is 1. The van der Waals surface area contributed by atoms with E-state index in [2.05, 4.69) is 25.6 Å². The van der Waals surface area contributed by atoms with Crippen LogP contribution in [0.25, 0.3) is 0 Å². The van der Waals surface area contributed by atoms with Crippen LogP contribution in [0, 0.1) is 0 Å². The number of aliphatic hydroxyl groups is 1. The van der Waals surface area contributed by atoms with Gasteiger partial charge in [-0.3, -0.25) is 9.71 Å². The number of benzene rings is 1. The van der Waals surface area contributed by atoms with Gasteiger partial charge in [0.2, 0.25) is 0 Å². The molecule has 0 amide bonds. The predicted octanol–water partition coefficient (Wildman–Crippen LogP) is 2.70. The number of hydrogen-bond donors (Lipinski definition) is 2. The van der Waals surface area contributed by atoms with Crippen molar-refractivity contribution in [3.05, 3.63) is 52.8 Å². The predicted molar refractivity (Wildman–Crippen MR) is 79.8 cm³/mol. The lowest BCUT2D eigenvalue weighted by Gasteiger charge is -2.09. The van der Waals surface area contributed by atoms with Crippen LogP contribution in [-0.2, 0) is 10.0 Å². The minimum atomic E-state index is -3.67. The van der Waals surface area contributed by atoms with Gasteiger partial charge in [-0.05, 0) is 46.6 Å². The van der Waals surface area contributed by atoms with E-state index < -0.39 is 16.1 Å². The molecule has 2 N–H and O–H groups in total. The topological polar surface area (TPSA) is 79.3 Å². The third-order valence-electron chi connectivity index (χ3n) is 2.63. The number of hydrogen-bond acceptors (Lipinski definition) is 4. The van der Waals surface area contributed by atoms with Crippen molar-refractivity contribution in [2.45, 2.75) is 17.9 Å². The molecule has 0 bridgehead atoms. The molecule has 5 nitrogen and oxygen atoms in total. The molecular formula is C13H13BrN2O3S. The largest absolute Gasteiger partial charge is 0.389 e. The maximum atomic E-state index is 12.2. The Balaban J connectivity index is 2.26. The summed E-state index contributed by atoms with van der Waals surface area (Å²) in [4.78, 5) is 4.02. The van der Waals surface area contributed by atoms with Crippen LogP contribution in [0.3, 0.4) is 0 Å². The third kappa shape index (κ3) is 3.56. The molecule has 0 aliphatic carbocycles. The Morgan fingerprint density at radius 3 is 2.45 bits per heavy atom. The first-order chi connectivity index (χ1) is 9.38. The van der Waals surface area contributed by atoms with Crippen molar-refractivity contribution in [1.82, 2.24) is 4.98 Å². The molecule has 0 spiro atoms. The average Bonchev–Trinajstić information content (AvgIpc) is 2.38. The van der Waals surface area contributed by atoms with Crippen molar-refractivity contribution in [2.24, 2.45) is 0 Å². The number of aliphatic hydroxyl groups excluding tert-OH is 1. The number of nitrogens with zero attached hydrogens (tertiary/aromatic N) is 1. The van der Waals surface area contributed by atoms with Gasteiger partial charge in [-0.15, -0.1) is 0 Å². The molecule has 1 aromatic carbocycles. The first kappa shape index (κ1) is 15.0. The molecule has 0 saturated heterocycles. The first-order valence-electron chi connectivity index (χ1n) is 5.80. The summed E-state index contributed by atoms with van der Waals surface area (Å²) in [5, 5.41) is 9.40. The molecule has 2 rings (SSSR count). The fourth-order valence-electron chi connectivity index (χ4n) is 1.61. The standard InChI is InChI=1S/C13H13BrN2O3S/c1-9(17)10-2-4-13(5-3-10)20(18,19)16-12-6-11(14)7-15-8-12/h2-9,16-17H,1H3. The number of halogens is 1. The van der Waals surface area contributed by atoms with Crippen LogP contribution in [0.1, 0.15) is 18.6 Å². The van der Waals surface area contributed by atoms with Crippen molar-refractivity contribution >= 4 is 31.6 Å². The van der Waals surface area contributed by atoms with Crippen LogP contribution >= 0.6 is 15.9 Å². The minimum Gasteiger partial charge on any atom is -0.389 e. The van der Waals surface area contributed by atoms with Gasteiger partial charge in [-0.2, -0.15) is 0 Å². The van der Waals surface area contributed by atoms with Crippen LogP contribution < -0.4 is 4.72 Å². The highest BCUT2D eigenvalue weighted by atomic mass is 79.9. The number of rotatable bonds is 4. The lowest BCUT2D eigenvalue weighted by atomic mass is 10.1. The van der Waals surface area contributed by atoms with Crippen LogP contribution in [-0.4, -0.2) is 18.5 Å². The summed E-state index contributed by atoms with van der Waals surface area (Å²) in [6, 6.07) is 7.69. The fourth-order valence-corrected chi connectivity index (χ4v) is 3.01. The van der Waals surface area contributed by atoms with Gasteiger partial charge in [0, 0.05) is 10.7 Å². The Hall–Kier alpha value is -1.44. The van der Waals surface area contributed by atoms with Gasteiger partial charge >= 0.3 is 0 Å². The number of nitrogens with one attached hydrogen (secondary N) is 1. The van der Waals surface area contributed by atoms with Gasteiger partial charge < -0.3 is 5.11 Å². The fraction of sp³-hybridized carbons (Fsp3) is 0.154. The van der Waals surface area contributed by atoms with E-state index in [0.29, 0.717) is 15.7 Å². The van der Waals surface area contributed by atoms with Crippen LogP contribution in [0.5, 0.6) is 0 Å². The Labute approximate surface area is 125 Å². The quantitative estimate of drug-likeness (QED) is 0.882. The van der Waals surface area contributed by atoms with Crippen molar-refractivity contribution in [2.75, 3.05) is 4.72 Å². The minimum absolute atomic E-state index is 0.127. The van der Waals surface area contributed by atoms with Gasteiger partial charge in [0.15, 0.2) is 0 Å². The SMILES string of the molecule is CC(O)c1ccc(S(=O)(=O)Nc2cncc(Br)c2)cc1. The van der Waals surface area contributed by atoms with E-state index in [1.165, 1.54) is 18.3 Å². The second kappa shape index (κ2) is 5.90. The van der Waals surface area contributed by atoms with Crippen molar-refractivity contribution in [3.63, 3.8) is 0 Å². The molecule has 1 aromatic heterocycles. The summed E-state index contributed by atoms with van der Waals surface area (Å²) in [6.45, 7) is 1.62. The van der Waals surface area contributed by atoms with Gasteiger partial charge in [-0.25, -0.2) is 8.42 Å². The smallest absolute Gasteiger partial charge is 0.261 e. The van der Waals surface area contributed by atoms with E-state index in [4.69, 9.17) is 0 Å². The van der Waals surface area contributed by atoms with Crippen molar-refractivity contribution in [1.29, 1.82) is 0 Å². The summed E-state index contributed by atoms with van der Waals surface area (Å²) >= 11 is 3.23. The zero-order chi connectivity index (χ0) is 14.8. The van der Waals surface area contributed by atoms with Gasteiger partial charge in [0.25, 0.3) is 10.0 Å². The lowest BCUT2D eigenvalue weighted by Crippen LogP contribution is -2.13. The van der Waals surface area contributed by atoms with E-state index in [9.17, 15) is 13.5 Å². The molecule has 1 unspecified atom stereocenters. The highest BCUT2D eigenvalue weighted by Gasteiger charge is 2.14. The zero-order valence-electron chi connectivity index (χ0n) is 10.6. The molecule has 20 heavy (non-hydrogen) atoms. The molecule has 0 aliphatic heterocycles. The van der Waals surface area contributed by atoms with Crippen LogP contribution in [0.15, 0.2) is 52.1 Å². The van der Waals surface area contributed by atoms with Crippen molar-refractivity contribution in [3.8, 4) is 0 Å². The van der Waals surface area contributed by atoms with Crippen LogP contribution in [0.4, 0.5) is 5.69 Å². The van der Waals surface area contributed by atoms with Crippen molar-refractivity contribution < 1.29 is 13.5 Å². The average molecular weight is 357 g/mol. The molecule has 0 saturated carbocycles. The Bertz CT molecular complexity index is 700. The molecule has 7 heteroatoms. The van der Waals surface area contributed by atoms with E-state index in [0.717, 1.165) is 0 Å². The van der Waals surface area contributed by atoms with Crippen LogP contribution in [0.2, 0.25) is 0 Å². The second-order valence-corrected chi connectivity index (χ2v) is 6.84. The summed E-state index contributed by atoms with van der Waals surface area (Å²) in [7, 11) is -3.67. The summed E-state index contributed by atoms with van der Waals surface area (Å²) in [5.74, 6) is 0. The molecule has 106 valence electrons. The molecule has 0 aliphatic rings. The Morgan fingerprint density at radius 2 is 1.90 bits per heavy atom. The molecular weight excluding hydrogens is 344 g/mol. The summed E-state index contributed by atoms with van der Waals surface area (Å²) in [5.41, 5.74) is 1.03. The summed E-state index contributed by atoms with van der Waals surface area (Å²) in [6.07, 6.45) is 2.36. The Kier molecular flexibility index (Phi) is 4.42. The highest BCUT2D eigenvalue weighted by molar-refractivity contribution is 9.10. The second-order valence-electron chi connectivity index (χ2n) is 4.24. The van der Waals surface area contributed by atoms with E-state index in [1.54, 1.807) is 31.3 Å². The zero-order valence-corrected chi connectivity index (χ0v) is 13.0. The lowest BCUT2D eigenvalue weighted by molar-refractivity contribution is 0.199. The van der Waals surface area contributed by atoms with E-state index in [1.807, 2.05) is 0 Å².